The highest BCUT2D eigenvalue weighted by Crippen LogP contribution is 2.29. The van der Waals surface area contributed by atoms with Gasteiger partial charge in [0, 0.05) is 29.7 Å². The Bertz CT molecular complexity index is 527. The minimum Gasteiger partial charge on any atom is -0.388 e. The van der Waals surface area contributed by atoms with E-state index in [1.54, 1.807) is 6.33 Å². The zero-order valence-electron chi connectivity index (χ0n) is 10.7. The van der Waals surface area contributed by atoms with E-state index >= 15 is 0 Å². The number of nitrogens with one attached hydrogen (secondary N) is 1. The third-order valence-electron chi connectivity index (χ3n) is 3.01. The normalized spacial score (nSPS) is 10.4. The number of benzene rings is 1. The van der Waals surface area contributed by atoms with Gasteiger partial charge in [-0.05, 0) is 44.0 Å². The smallest absolute Gasteiger partial charge is 0.115 e. The van der Waals surface area contributed by atoms with Crippen LogP contribution in [-0.2, 0) is 0 Å². The molecule has 0 unspecified atom stereocenters. The van der Waals surface area contributed by atoms with Crippen molar-refractivity contribution >= 4 is 5.69 Å². The first-order valence-electron chi connectivity index (χ1n) is 5.70. The van der Waals surface area contributed by atoms with Gasteiger partial charge in [0.05, 0.1) is 0 Å². The van der Waals surface area contributed by atoms with Gasteiger partial charge in [-0.1, -0.05) is 6.07 Å². The molecule has 1 heterocycles. The maximum Gasteiger partial charge on any atom is 0.115 e. The molecule has 1 aromatic heterocycles. The van der Waals surface area contributed by atoms with E-state index in [0.717, 1.165) is 22.6 Å². The summed E-state index contributed by atoms with van der Waals surface area (Å²) in [6, 6.07) is 6.34. The second kappa shape index (κ2) is 4.53. The monoisotopic (exact) mass is 227 g/mol. The van der Waals surface area contributed by atoms with E-state index in [-0.39, 0.29) is 0 Å². The first kappa shape index (κ1) is 11.6. The molecule has 0 saturated heterocycles. The highest BCUT2D eigenvalue weighted by Gasteiger charge is 2.10. The summed E-state index contributed by atoms with van der Waals surface area (Å²) in [6.45, 7) is 6.16. The molecule has 0 bridgehead atoms. The molecule has 0 aliphatic carbocycles. The van der Waals surface area contributed by atoms with E-state index in [1.165, 1.54) is 11.1 Å². The van der Waals surface area contributed by atoms with Gasteiger partial charge >= 0.3 is 0 Å². The van der Waals surface area contributed by atoms with Gasteiger partial charge in [-0.2, -0.15) is 0 Å². The van der Waals surface area contributed by atoms with Crippen LogP contribution in [0.3, 0.4) is 0 Å². The molecule has 17 heavy (non-hydrogen) atoms. The Morgan fingerprint density at radius 3 is 2.18 bits per heavy atom. The van der Waals surface area contributed by atoms with Crippen molar-refractivity contribution in [3.8, 4) is 11.1 Å². The van der Waals surface area contributed by atoms with Crippen LogP contribution in [0.4, 0.5) is 5.69 Å². The van der Waals surface area contributed by atoms with Crippen LogP contribution in [-0.4, -0.2) is 17.0 Å². The van der Waals surface area contributed by atoms with E-state index < -0.39 is 0 Å². The summed E-state index contributed by atoms with van der Waals surface area (Å²) in [7, 11) is 1.93. The molecule has 88 valence electrons. The molecule has 1 aromatic carbocycles. The van der Waals surface area contributed by atoms with Crippen molar-refractivity contribution in [2.24, 2.45) is 0 Å². The van der Waals surface area contributed by atoms with Crippen molar-refractivity contribution in [3.63, 3.8) is 0 Å². The molecule has 0 aliphatic heterocycles. The van der Waals surface area contributed by atoms with Gasteiger partial charge in [-0.3, -0.25) is 0 Å². The van der Waals surface area contributed by atoms with Crippen LogP contribution in [0.5, 0.6) is 0 Å². The van der Waals surface area contributed by atoms with E-state index in [0.29, 0.717) is 0 Å². The van der Waals surface area contributed by atoms with Gasteiger partial charge in [-0.15, -0.1) is 0 Å². The fraction of sp³-hybridized carbons (Fsp3) is 0.286. The molecular weight excluding hydrogens is 210 g/mol. The second-order valence-corrected chi connectivity index (χ2v) is 4.20. The maximum atomic E-state index is 4.27. The maximum absolute atomic E-state index is 4.27. The lowest BCUT2D eigenvalue weighted by atomic mass is 9.97. The molecular formula is C14H17N3. The number of aromatic nitrogens is 2. The fourth-order valence-electron chi connectivity index (χ4n) is 2.08. The second-order valence-electron chi connectivity index (χ2n) is 4.20. The molecule has 0 aliphatic rings. The first-order chi connectivity index (χ1) is 8.13. The summed E-state index contributed by atoms with van der Waals surface area (Å²) >= 11 is 0. The molecule has 0 radical (unpaired) electrons. The third-order valence-corrected chi connectivity index (χ3v) is 3.01. The Morgan fingerprint density at radius 2 is 1.65 bits per heavy atom. The Labute approximate surface area is 102 Å². The highest BCUT2D eigenvalue weighted by atomic mass is 14.8. The van der Waals surface area contributed by atoms with Crippen LogP contribution in [0.25, 0.3) is 11.1 Å². The molecule has 0 fully saturated rings. The van der Waals surface area contributed by atoms with Crippen molar-refractivity contribution in [2.75, 3.05) is 12.4 Å². The predicted molar refractivity (Wildman–Crippen MR) is 71.2 cm³/mol. The molecule has 0 saturated carbocycles. The summed E-state index contributed by atoms with van der Waals surface area (Å²) in [6.07, 6.45) is 1.62. The van der Waals surface area contributed by atoms with Gasteiger partial charge in [0.15, 0.2) is 0 Å². The molecule has 0 spiro atoms. The number of rotatable bonds is 2. The van der Waals surface area contributed by atoms with Crippen LogP contribution in [0.1, 0.15) is 17.0 Å². The van der Waals surface area contributed by atoms with Crippen molar-refractivity contribution in [3.05, 3.63) is 41.5 Å². The predicted octanol–water partition coefficient (Wildman–Crippen LogP) is 3.11. The zero-order valence-corrected chi connectivity index (χ0v) is 10.7. The van der Waals surface area contributed by atoms with Gasteiger partial charge in [-0.25, -0.2) is 9.97 Å². The summed E-state index contributed by atoms with van der Waals surface area (Å²) < 4.78 is 0. The lowest BCUT2D eigenvalue weighted by molar-refractivity contribution is 1.06. The van der Waals surface area contributed by atoms with Crippen molar-refractivity contribution < 1.29 is 0 Å². The minimum atomic E-state index is 1.03. The number of anilines is 1. The van der Waals surface area contributed by atoms with Crippen LogP contribution >= 0.6 is 0 Å². The van der Waals surface area contributed by atoms with Crippen LogP contribution in [0, 0.1) is 20.8 Å². The third kappa shape index (κ3) is 2.13. The highest BCUT2D eigenvalue weighted by molar-refractivity contribution is 5.73. The Hall–Kier alpha value is -1.90. The molecule has 0 amide bonds. The topological polar surface area (TPSA) is 37.8 Å². The van der Waals surface area contributed by atoms with Crippen molar-refractivity contribution in [1.29, 1.82) is 0 Å². The van der Waals surface area contributed by atoms with Gasteiger partial charge < -0.3 is 5.32 Å². The lowest BCUT2D eigenvalue weighted by Crippen LogP contribution is -1.97. The minimum absolute atomic E-state index is 1.03. The summed E-state index contributed by atoms with van der Waals surface area (Å²) in [4.78, 5) is 8.55. The molecule has 3 nitrogen and oxygen atoms in total. The first-order valence-corrected chi connectivity index (χ1v) is 5.70. The summed E-state index contributed by atoms with van der Waals surface area (Å²) in [5, 5.41) is 3.14. The molecule has 2 aromatic rings. The lowest BCUT2D eigenvalue weighted by Gasteiger charge is -2.12. The Balaban J connectivity index is 2.61. The average Bonchev–Trinajstić information content (AvgIpc) is 2.30. The number of nitrogens with zero attached hydrogens (tertiary/aromatic N) is 2. The average molecular weight is 227 g/mol. The number of hydrogen-bond donors (Lipinski definition) is 1. The van der Waals surface area contributed by atoms with Crippen LogP contribution in [0.2, 0.25) is 0 Å². The van der Waals surface area contributed by atoms with Crippen molar-refractivity contribution in [2.45, 2.75) is 20.8 Å². The van der Waals surface area contributed by atoms with E-state index in [2.05, 4.69) is 40.4 Å². The van der Waals surface area contributed by atoms with Gasteiger partial charge in [0.1, 0.15) is 6.33 Å². The quantitative estimate of drug-likeness (QED) is 0.856. The van der Waals surface area contributed by atoms with Crippen LogP contribution < -0.4 is 5.32 Å². The van der Waals surface area contributed by atoms with Gasteiger partial charge in [0.25, 0.3) is 0 Å². The largest absolute Gasteiger partial charge is 0.388 e. The molecule has 1 N–H and O–H groups in total. The summed E-state index contributed by atoms with van der Waals surface area (Å²) in [5.74, 6) is 0. The Kier molecular flexibility index (Phi) is 3.09. The number of aryl methyl sites for hydroxylation is 3. The zero-order chi connectivity index (χ0) is 12.4. The summed E-state index contributed by atoms with van der Waals surface area (Å²) in [5.41, 5.74) is 6.76. The van der Waals surface area contributed by atoms with Crippen LogP contribution in [0.15, 0.2) is 24.5 Å². The molecule has 2 rings (SSSR count). The standard InChI is InChI=1S/C14H17N3/c1-9-7-12(15-4)5-6-13(9)14-10(2)16-8-17-11(14)3/h5-8,15H,1-4H3. The fourth-order valence-corrected chi connectivity index (χ4v) is 2.08. The molecule has 0 atom stereocenters. The SMILES string of the molecule is CNc1ccc(-c2c(C)ncnc2C)c(C)c1. The van der Waals surface area contributed by atoms with Crippen molar-refractivity contribution in [1.82, 2.24) is 9.97 Å². The van der Waals surface area contributed by atoms with E-state index in [4.69, 9.17) is 0 Å². The Morgan fingerprint density at radius 1 is 1.00 bits per heavy atom. The molecule has 3 heteroatoms. The number of hydrogen-bond acceptors (Lipinski definition) is 3. The van der Waals surface area contributed by atoms with E-state index in [1.807, 2.05) is 20.9 Å². The van der Waals surface area contributed by atoms with E-state index in [9.17, 15) is 0 Å². The van der Waals surface area contributed by atoms with Gasteiger partial charge in [0.2, 0.25) is 0 Å².